The molecule has 2 aromatic rings. The van der Waals surface area contributed by atoms with E-state index in [1.807, 2.05) is 38.1 Å². The fourth-order valence-corrected chi connectivity index (χ4v) is 6.25. The standard InChI is InChI=1S/C39H65N11O8/c1-6-22(4)31(36(55)50-32(23(5)51)37(56)46-28(38(57)58)15-11-17-44-39(42)43)49-35(54)30(19-24-20-45-27-14-8-7-12-25(24)27)48-34(53)29(18-21(2)3)47-33(52)26(41)13-9-10-16-40/h7-8,12,14,20-23,26,28-32,45,51H,6,9-11,13,15-19,40-41H2,1-5H3,(H,46,56)(H,47,52)(H,48,53)(H,49,54)(H,50,55)(H,57,58)(H4,42,43,44)/t22-,23+,26-,28-,29-,30-,31-,32-/m0/s1. The molecule has 1 heterocycles. The minimum Gasteiger partial charge on any atom is -0.480 e. The number of nitrogens with zero attached hydrogens (tertiary/aromatic N) is 1. The zero-order valence-electron chi connectivity index (χ0n) is 34.3. The molecule has 0 saturated heterocycles. The number of H-pyrrole nitrogens is 1. The molecule has 1 aromatic heterocycles. The van der Waals surface area contributed by atoms with Crippen LogP contribution in [0.5, 0.6) is 0 Å². The Balaban J connectivity index is 2.39. The predicted molar refractivity (Wildman–Crippen MR) is 221 cm³/mol. The Morgan fingerprint density at radius 2 is 1.38 bits per heavy atom. The number of fused-ring (bicyclic) bond motifs is 1. The number of nitrogens with one attached hydrogen (secondary N) is 6. The third kappa shape index (κ3) is 15.9. The molecule has 0 spiro atoms. The number of aliphatic hydroxyl groups is 1. The number of aromatic amines is 1. The second kappa shape index (κ2) is 24.5. The number of carbonyl (C=O) groups excluding carboxylic acids is 5. The number of carbonyl (C=O) groups is 6. The molecule has 19 heteroatoms. The van der Waals surface area contributed by atoms with E-state index in [0.29, 0.717) is 37.8 Å². The van der Waals surface area contributed by atoms with Gasteiger partial charge >= 0.3 is 5.97 Å². The molecule has 58 heavy (non-hydrogen) atoms. The van der Waals surface area contributed by atoms with Crippen molar-refractivity contribution in [2.75, 3.05) is 13.1 Å². The fraction of sp³-hybridized carbons (Fsp3) is 0.615. The molecular formula is C39H65N11O8. The largest absolute Gasteiger partial charge is 0.480 e. The van der Waals surface area contributed by atoms with Crippen LogP contribution < -0.4 is 49.5 Å². The van der Waals surface area contributed by atoms with Gasteiger partial charge in [0.25, 0.3) is 0 Å². The Morgan fingerprint density at radius 1 is 0.776 bits per heavy atom. The summed E-state index contributed by atoms with van der Waals surface area (Å²) in [6, 6.07) is 0.0164. The van der Waals surface area contributed by atoms with Crippen LogP contribution in [0, 0.1) is 11.8 Å². The Hall–Kier alpha value is -5.27. The molecular weight excluding hydrogens is 750 g/mol. The number of rotatable bonds is 26. The summed E-state index contributed by atoms with van der Waals surface area (Å²) in [7, 11) is 0. The van der Waals surface area contributed by atoms with Gasteiger partial charge in [-0.1, -0.05) is 58.7 Å². The zero-order chi connectivity index (χ0) is 43.5. The molecule has 0 saturated carbocycles. The number of guanidine groups is 1. The number of carboxylic acids is 1. The molecule has 5 amide bonds. The van der Waals surface area contributed by atoms with Crippen LogP contribution in [-0.4, -0.2) is 112 Å². The molecule has 0 aliphatic heterocycles. The average Bonchev–Trinajstić information content (AvgIpc) is 3.57. The number of para-hydroxylation sites is 1. The lowest BCUT2D eigenvalue weighted by molar-refractivity contribution is -0.143. The van der Waals surface area contributed by atoms with Gasteiger partial charge in [0, 0.05) is 30.1 Å². The second-order valence-corrected chi connectivity index (χ2v) is 15.2. The summed E-state index contributed by atoms with van der Waals surface area (Å²) in [5, 5.41) is 34.2. The highest BCUT2D eigenvalue weighted by molar-refractivity contribution is 5.97. The van der Waals surface area contributed by atoms with Crippen LogP contribution in [0.3, 0.4) is 0 Å². The fourth-order valence-electron chi connectivity index (χ4n) is 6.25. The highest BCUT2D eigenvalue weighted by Crippen LogP contribution is 2.20. The zero-order valence-corrected chi connectivity index (χ0v) is 34.3. The second-order valence-electron chi connectivity index (χ2n) is 15.2. The van der Waals surface area contributed by atoms with Crippen molar-refractivity contribution in [1.82, 2.24) is 31.6 Å². The highest BCUT2D eigenvalue weighted by Gasteiger charge is 2.36. The lowest BCUT2D eigenvalue weighted by Gasteiger charge is -2.30. The molecule has 16 N–H and O–H groups in total. The first-order valence-electron chi connectivity index (χ1n) is 19.9. The van der Waals surface area contributed by atoms with Crippen LogP contribution >= 0.6 is 0 Å². The molecule has 0 fully saturated rings. The highest BCUT2D eigenvalue weighted by atomic mass is 16.4. The molecule has 0 unspecified atom stereocenters. The lowest BCUT2D eigenvalue weighted by atomic mass is 9.96. The number of aliphatic imine (C=N–C) groups is 1. The molecule has 0 aliphatic carbocycles. The maximum atomic E-state index is 14.3. The van der Waals surface area contributed by atoms with Crippen LogP contribution in [-0.2, 0) is 35.2 Å². The number of aromatic nitrogens is 1. The van der Waals surface area contributed by atoms with Crippen molar-refractivity contribution in [2.24, 2.45) is 39.8 Å². The van der Waals surface area contributed by atoms with E-state index in [-0.39, 0.29) is 44.1 Å². The Kier molecular flexibility index (Phi) is 20.6. The lowest BCUT2D eigenvalue weighted by Crippen LogP contribution is -2.62. The summed E-state index contributed by atoms with van der Waals surface area (Å²) in [4.78, 5) is 87.4. The van der Waals surface area contributed by atoms with Gasteiger partial charge in [-0.15, -0.1) is 0 Å². The first-order valence-corrected chi connectivity index (χ1v) is 19.9. The van der Waals surface area contributed by atoms with Gasteiger partial charge in [-0.05, 0) is 69.0 Å². The molecule has 2 rings (SSSR count). The van der Waals surface area contributed by atoms with Crippen molar-refractivity contribution in [3.8, 4) is 0 Å². The summed E-state index contributed by atoms with van der Waals surface area (Å²) in [5.41, 5.74) is 23.8. The Labute approximate surface area is 339 Å². The van der Waals surface area contributed by atoms with Gasteiger partial charge < -0.3 is 64.7 Å². The smallest absolute Gasteiger partial charge is 0.326 e. The van der Waals surface area contributed by atoms with Gasteiger partial charge in [0.1, 0.15) is 30.2 Å². The Bertz CT molecular complexity index is 1690. The molecule has 0 radical (unpaired) electrons. The van der Waals surface area contributed by atoms with E-state index in [2.05, 4.69) is 36.6 Å². The topological polar surface area (TPSA) is 335 Å². The normalized spacial score (nSPS) is 15.5. The van der Waals surface area contributed by atoms with Crippen LogP contribution in [0.15, 0.2) is 35.5 Å². The maximum absolute atomic E-state index is 14.3. The van der Waals surface area contributed by atoms with Crippen LogP contribution in [0.25, 0.3) is 10.9 Å². The van der Waals surface area contributed by atoms with E-state index in [1.54, 1.807) is 20.0 Å². The minimum absolute atomic E-state index is 0.00412. The minimum atomic E-state index is -1.60. The first-order chi connectivity index (χ1) is 27.4. The molecule has 0 aliphatic rings. The van der Waals surface area contributed by atoms with Gasteiger partial charge in [0.05, 0.1) is 12.1 Å². The van der Waals surface area contributed by atoms with Crippen molar-refractivity contribution in [2.45, 2.75) is 128 Å². The third-order valence-corrected chi connectivity index (χ3v) is 9.79. The van der Waals surface area contributed by atoms with E-state index in [0.717, 1.165) is 10.9 Å². The van der Waals surface area contributed by atoms with Gasteiger partial charge in [-0.2, -0.15) is 0 Å². The average molecular weight is 816 g/mol. The number of benzene rings is 1. The van der Waals surface area contributed by atoms with Gasteiger partial charge in [0.2, 0.25) is 29.5 Å². The van der Waals surface area contributed by atoms with Gasteiger partial charge in [0.15, 0.2) is 5.96 Å². The van der Waals surface area contributed by atoms with Crippen molar-refractivity contribution in [1.29, 1.82) is 0 Å². The summed E-state index contributed by atoms with van der Waals surface area (Å²) in [5.74, 6) is -5.71. The summed E-state index contributed by atoms with van der Waals surface area (Å²) >= 11 is 0. The Morgan fingerprint density at radius 3 is 1.98 bits per heavy atom. The van der Waals surface area contributed by atoms with E-state index < -0.39 is 83.8 Å². The summed E-state index contributed by atoms with van der Waals surface area (Å²) in [6.07, 6.45) is 2.77. The van der Waals surface area contributed by atoms with Crippen LogP contribution in [0.4, 0.5) is 0 Å². The number of nitrogens with two attached hydrogens (primary N) is 4. The summed E-state index contributed by atoms with van der Waals surface area (Å²) in [6.45, 7) is 9.10. The number of hydrogen-bond acceptors (Lipinski definition) is 10. The van der Waals surface area contributed by atoms with Gasteiger partial charge in [-0.25, -0.2) is 4.79 Å². The van der Waals surface area contributed by atoms with Gasteiger partial charge in [-0.3, -0.25) is 29.0 Å². The SMILES string of the molecule is CC[C@H](C)[C@H](NC(=O)[C@H](Cc1c[nH]c2ccccc12)NC(=O)[C@H](CC(C)C)NC(=O)[C@@H](N)CCCCN)C(=O)N[C@H](C(=O)N[C@@H](CCCN=C(N)N)C(=O)O)[C@@H](C)O. The van der Waals surface area contributed by atoms with E-state index >= 15 is 0 Å². The van der Waals surface area contributed by atoms with Crippen molar-refractivity contribution in [3.05, 3.63) is 36.0 Å². The summed E-state index contributed by atoms with van der Waals surface area (Å²) < 4.78 is 0. The third-order valence-electron chi connectivity index (χ3n) is 9.79. The monoisotopic (exact) mass is 816 g/mol. The van der Waals surface area contributed by atoms with Crippen molar-refractivity contribution < 1.29 is 39.0 Å². The van der Waals surface area contributed by atoms with E-state index in [1.165, 1.54) is 6.92 Å². The number of aliphatic hydroxyl groups excluding tert-OH is 1. The number of amides is 5. The number of hydrogen-bond donors (Lipinski definition) is 12. The van der Waals surface area contributed by atoms with Crippen molar-refractivity contribution >= 4 is 52.4 Å². The maximum Gasteiger partial charge on any atom is 0.326 e. The van der Waals surface area contributed by atoms with Crippen LogP contribution in [0.1, 0.15) is 85.1 Å². The number of aliphatic carboxylic acids is 1. The van der Waals surface area contributed by atoms with E-state index in [9.17, 15) is 39.0 Å². The molecule has 324 valence electrons. The van der Waals surface area contributed by atoms with E-state index in [4.69, 9.17) is 22.9 Å². The number of carboxylic acid groups (broad SMARTS) is 1. The van der Waals surface area contributed by atoms with Crippen molar-refractivity contribution in [3.63, 3.8) is 0 Å². The quantitative estimate of drug-likeness (QED) is 0.0316. The molecule has 1 aromatic carbocycles. The number of unbranched alkanes of at least 4 members (excludes halogenated alkanes) is 1. The first kappa shape index (κ1) is 48.9. The predicted octanol–water partition coefficient (Wildman–Crippen LogP) is -0.798. The molecule has 0 bridgehead atoms. The molecule has 8 atom stereocenters. The molecule has 19 nitrogen and oxygen atoms in total. The van der Waals surface area contributed by atoms with Crippen LogP contribution in [0.2, 0.25) is 0 Å².